The van der Waals surface area contributed by atoms with E-state index >= 15 is 0 Å². The molecular weight excluding hydrogens is 286 g/mol. The molecule has 1 aromatic carbocycles. The molecule has 112 valence electrons. The molecule has 0 unspecified atom stereocenters. The predicted octanol–water partition coefficient (Wildman–Crippen LogP) is 2.83. The lowest BCUT2D eigenvalue weighted by Gasteiger charge is -2.23. The van der Waals surface area contributed by atoms with Gasteiger partial charge in [-0.15, -0.1) is 0 Å². The van der Waals surface area contributed by atoms with Crippen LogP contribution in [0.25, 0.3) is 10.9 Å². The van der Waals surface area contributed by atoms with Crippen LogP contribution < -0.4 is 5.73 Å². The van der Waals surface area contributed by atoms with E-state index in [1.54, 1.807) is 6.20 Å². The Labute approximate surface area is 129 Å². The fraction of sp³-hybridized carbons (Fsp3) is 0.375. The second-order valence-electron chi connectivity index (χ2n) is 5.63. The van der Waals surface area contributed by atoms with Crippen molar-refractivity contribution < 1.29 is 4.79 Å². The number of hydrogen-bond acceptors (Lipinski definition) is 3. The van der Waals surface area contributed by atoms with Gasteiger partial charge in [-0.2, -0.15) is 0 Å². The molecule has 0 bridgehead atoms. The Morgan fingerprint density at radius 3 is 2.81 bits per heavy atom. The minimum Gasteiger partial charge on any atom is -0.369 e. The number of amides is 1. The van der Waals surface area contributed by atoms with Crippen molar-refractivity contribution in [3.05, 3.63) is 41.0 Å². The lowest BCUT2D eigenvalue weighted by Crippen LogP contribution is -2.35. The van der Waals surface area contributed by atoms with Crippen LogP contribution in [0.4, 0.5) is 0 Å². The fourth-order valence-corrected chi connectivity index (χ4v) is 2.69. The lowest BCUT2D eigenvalue weighted by molar-refractivity contribution is -0.119. The molecular formula is C16H20ClN3O. The first-order chi connectivity index (χ1) is 9.97. The molecule has 2 rings (SSSR count). The third-order valence-corrected chi connectivity index (χ3v) is 3.56. The van der Waals surface area contributed by atoms with E-state index in [0.29, 0.717) is 17.5 Å². The van der Waals surface area contributed by atoms with Crippen LogP contribution >= 0.6 is 11.6 Å². The van der Waals surface area contributed by atoms with E-state index in [-0.39, 0.29) is 12.5 Å². The molecule has 0 saturated carbocycles. The molecule has 0 spiro atoms. The highest BCUT2D eigenvalue weighted by Crippen LogP contribution is 2.26. The first-order valence-electron chi connectivity index (χ1n) is 7.00. The van der Waals surface area contributed by atoms with Crippen molar-refractivity contribution in [2.24, 2.45) is 11.7 Å². The van der Waals surface area contributed by atoms with E-state index < -0.39 is 0 Å². The maximum absolute atomic E-state index is 11.3. The topological polar surface area (TPSA) is 59.2 Å². The number of benzene rings is 1. The Kier molecular flexibility index (Phi) is 5.15. The zero-order chi connectivity index (χ0) is 15.4. The molecule has 2 N–H and O–H groups in total. The van der Waals surface area contributed by atoms with E-state index in [1.165, 1.54) is 0 Å². The molecule has 0 fully saturated rings. The third-order valence-electron chi connectivity index (χ3n) is 3.21. The molecule has 0 atom stereocenters. The summed E-state index contributed by atoms with van der Waals surface area (Å²) in [5, 5.41) is 1.71. The summed E-state index contributed by atoms with van der Waals surface area (Å²) in [4.78, 5) is 17.7. The van der Waals surface area contributed by atoms with Gasteiger partial charge in [0.05, 0.1) is 12.1 Å². The van der Waals surface area contributed by atoms with Crippen molar-refractivity contribution >= 4 is 28.4 Å². The van der Waals surface area contributed by atoms with Gasteiger partial charge in [-0.25, -0.2) is 0 Å². The van der Waals surface area contributed by atoms with Crippen LogP contribution in [0, 0.1) is 5.92 Å². The molecule has 0 saturated heterocycles. The molecule has 0 aliphatic rings. The highest BCUT2D eigenvalue weighted by Gasteiger charge is 2.15. The minimum absolute atomic E-state index is 0.220. The van der Waals surface area contributed by atoms with Gasteiger partial charge in [-0.1, -0.05) is 37.6 Å². The van der Waals surface area contributed by atoms with Crippen molar-refractivity contribution in [1.82, 2.24) is 9.88 Å². The van der Waals surface area contributed by atoms with Gasteiger partial charge >= 0.3 is 0 Å². The summed E-state index contributed by atoms with van der Waals surface area (Å²) in [5.41, 5.74) is 7.16. The van der Waals surface area contributed by atoms with Crippen molar-refractivity contribution in [2.45, 2.75) is 20.4 Å². The quantitative estimate of drug-likeness (QED) is 0.892. The highest BCUT2D eigenvalue weighted by atomic mass is 35.5. The second kappa shape index (κ2) is 6.87. The Hall–Kier alpha value is -1.65. The number of hydrogen-bond donors (Lipinski definition) is 1. The zero-order valence-electron chi connectivity index (χ0n) is 12.3. The van der Waals surface area contributed by atoms with Crippen LogP contribution in [0.15, 0.2) is 30.5 Å². The molecule has 21 heavy (non-hydrogen) atoms. The van der Waals surface area contributed by atoms with Gasteiger partial charge < -0.3 is 5.73 Å². The molecule has 4 nitrogen and oxygen atoms in total. The van der Waals surface area contributed by atoms with Crippen LogP contribution in [-0.2, 0) is 11.3 Å². The minimum atomic E-state index is -0.333. The Morgan fingerprint density at radius 2 is 2.14 bits per heavy atom. The van der Waals surface area contributed by atoms with E-state index in [9.17, 15) is 4.79 Å². The van der Waals surface area contributed by atoms with Gasteiger partial charge in [0.25, 0.3) is 0 Å². The summed E-state index contributed by atoms with van der Waals surface area (Å²) in [7, 11) is 0. The first kappa shape index (κ1) is 15.7. The van der Waals surface area contributed by atoms with Crippen LogP contribution in [0.3, 0.4) is 0 Å². The van der Waals surface area contributed by atoms with Crippen LogP contribution in [0.2, 0.25) is 5.02 Å². The summed E-state index contributed by atoms with van der Waals surface area (Å²) in [5.74, 6) is 0.103. The van der Waals surface area contributed by atoms with E-state index in [2.05, 4.69) is 18.8 Å². The monoisotopic (exact) mass is 305 g/mol. The summed E-state index contributed by atoms with van der Waals surface area (Å²) in [6.07, 6.45) is 1.75. The van der Waals surface area contributed by atoms with Gasteiger partial charge in [0.1, 0.15) is 0 Å². The van der Waals surface area contributed by atoms with Crippen LogP contribution in [0.5, 0.6) is 0 Å². The average Bonchev–Trinajstić information content (AvgIpc) is 2.40. The molecule has 1 heterocycles. The maximum Gasteiger partial charge on any atom is 0.231 e. The van der Waals surface area contributed by atoms with Gasteiger partial charge in [-0.3, -0.25) is 14.7 Å². The van der Waals surface area contributed by atoms with Crippen molar-refractivity contribution in [3.63, 3.8) is 0 Å². The second-order valence-corrected chi connectivity index (χ2v) is 6.04. The van der Waals surface area contributed by atoms with Gasteiger partial charge in [-0.05, 0) is 18.1 Å². The summed E-state index contributed by atoms with van der Waals surface area (Å²) in [6, 6.07) is 7.73. The molecule has 5 heteroatoms. The highest BCUT2D eigenvalue weighted by molar-refractivity contribution is 6.32. The number of rotatable bonds is 6. The molecule has 0 aliphatic heterocycles. The lowest BCUT2D eigenvalue weighted by atomic mass is 10.1. The molecule has 0 aliphatic carbocycles. The number of carbonyl (C=O) groups excluding carboxylic acids is 1. The number of nitrogens with zero attached hydrogens (tertiary/aromatic N) is 2. The number of primary amides is 1. The van der Waals surface area contributed by atoms with Gasteiger partial charge in [0.15, 0.2) is 0 Å². The first-order valence-corrected chi connectivity index (χ1v) is 7.38. The van der Waals surface area contributed by atoms with Crippen molar-refractivity contribution in [1.29, 1.82) is 0 Å². The van der Waals surface area contributed by atoms with E-state index in [0.717, 1.165) is 23.0 Å². The molecule has 0 radical (unpaired) electrons. The Balaban J connectivity index is 2.35. The maximum atomic E-state index is 11.3. The SMILES string of the molecule is CC(C)CN(CC(N)=O)Cc1c(Cl)ccc2cccnc12. The number of halogens is 1. The van der Waals surface area contributed by atoms with E-state index in [1.807, 2.05) is 29.2 Å². The van der Waals surface area contributed by atoms with E-state index in [4.69, 9.17) is 17.3 Å². The van der Waals surface area contributed by atoms with Crippen molar-refractivity contribution in [3.8, 4) is 0 Å². The standard InChI is InChI=1S/C16H20ClN3O/c1-11(2)8-20(10-15(18)21)9-13-14(17)6-5-12-4-3-7-19-16(12)13/h3-7,11H,8-10H2,1-2H3,(H2,18,21). The van der Waals surface area contributed by atoms with Crippen LogP contribution in [-0.4, -0.2) is 28.9 Å². The molecule has 2 aromatic rings. The van der Waals surface area contributed by atoms with Crippen molar-refractivity contribution in [2.75, 3.05) is 13.1 Å². The number of carbonyl (C=O) groups is 1. The van der Waals surface area contributed by atoms with Gasteiger partial charge in [0.2, 0.25) is 5.91 Å². The number of pyridine rings is 1. The fourth-order valence-electron chi connectivity index (χ4n) is 2.48. The smallest absolute Gasteiger partial charge is 0.231 e. The van der Waals surface area contributed by atoms with Crippen LogP contribution in [0.1, 0.15) is 19.4 Å². The molecule has 1 amide bonds. The summed E-state index contributed by atoms with van der Waals surface area (Å²) >= 11 is 6.34. The summed E-state index contributed by atoms with van der Waals surface area (Å²) < 4.78 is 0. The number of fused-ring (bicyclic) bond motifs is 1. The Morgan fingerprint density at radius 1 is 1.38 bits per heavy atom. The summed E-state index contributed by atoms with van der Waals surface area (Å²) in [6.45, 7) is 5.78. The Bertz CT molecular complexity index is 642. The molecule has 1 aromatic heterocycles. The average molecular weight is 306 g/mol. The predicted molar refractivity (Wildman–Crippen MR) is 86.1 cm³/mol. The van der Waals surface area contributed by atoms with Gasteiger partial charge in [0, 0.05) is 35.3 Å². The normalized spacial score (nSPS) is 11.5. The third kappa shape index (κ3) is 4.16. The number of aromatic nitrogens is 1. The zero-order valence-corrected chi connectivity index (χ0v) is 13.1. The number of nitrogens with two attached hydrogens (primary N) is 1. The largest absolute Gasteiger partial charge is 0.369 e.